The molecule has 0 spiro atoms. The Morgan fingerprint density at radius 1 is 1.10 bits per heavy atom. The van der Waals surface area contributed by atoms with E-state index in [2.05, 4.69) is 54.0 Å². The van der Waals surface area contributed by atoms with Gasteiger partial charge in [-0.3, -0.25) is 4.90 Å². The summed E-state index contributed by atoms with van der Waals surface area (Å²) < 4.78 is 0. The summed E-state index contributed by atoms with van der Waals surface area (Å²) in [5, 5.41) is 9.64. The van der Waals surface area contributed by atoms with Crippen molar-refractivity contribution in [1.82, 2.24) is 4.90 Å². The highest BCUT2D eigenvalue weighted by molar-refractivity contribution is 5.46. The lowest BCUT2D eigenvalue weighted by Gasteiger charge is -2.40. The van der Waals surface area contributed by atoms with Crippen LogP contribution in [-0.2, 0) is 0 Å². The average Bonchev–Trinajstić information content (AvgIpc) is 2.49. The molecule has 1 aromatic carbocycles. The molecule has 1 fully saturated rings. The normalized spacial score (nSPS) is 19.9. The monoisotopic (exact) mass is 276 g/mol. The summed E-state index contributed by atoms with van der Waals surface area (Å²) in [6.45, 7) is 10.1. The molecule has 1 aliphatic rings. The Labute approximate surface area is 123 Å². The van der Waals surface area contributed by atoms with E-state index < -0.39 is 0 Å². The first-order valence-electron chi connectivity index (χ1n) is 7.80. The lowest BCUT2D eigenvalue weighted by atomic mass is 9.86. The van der Waals surface area contributed by atoms with Crippen LogP contribution in [-0.4, -0.2) is 49.3 Å². The predicted octanol–water partition coefficient (Wildman–Crippen LogP) is 2.61. The van der Waals surface area contributed by atoms with E-state index in [9.17, 15) is 5.11 Å². The van der Waals surface area contributed by atoms with Crippen molar-refractivity contribution in [3.8, 4) is 0 Å². The van der Waals surface area contributed by atoms with Crippen molar-refractivity contribution in [2.75, 3.05) is 44.2 Å². The number of hydrogen-bond donors (Lipinski definition) is 1. The third-order valence-electron chi connectivity index (χ3n) is 4.33. The van der Waals surface area contributed by atoms with Crippen LogP contribution in [0.3, 0.4) is 0 Å². The Morgan fingerprint density at radius 2 is 1.75 bits per heavy atom. The molecule has 1 aromatic rings. The fourth-order valence-corrected chi connectivity index (χ4v) is 3.15. The van der Waals surface area contributed by atoms with Crippen molar-refractivity contribution in [2.45, 2.75) is 26.7 Å². The molecule has 1 saturated heterocycles. The van der Waals surface area contributed by atoms with E-state index in [-0.39, 0.29) is 5.41 Å². The van der Waals surface area contributed by atoms with Gasteiger partial charge in [0, 0.05) is 50.4 Å². The van der Waals surface area contributed by atoms with Crippen molar-refractivity contribution >= 4 is 5.69 Å². The third kappa shape index (κ3) is 3.97. The van der Waals surface area contributed by atoms with Crippen LogP contribution in [0.5, 0.6) is 0 Å². The molecule has 0 amide bonds. The molecule has 3 heteroatoms. The number of para-hydroxylation sites is 1. The maximum absolute atomic E-state index is 9.64. The van der Waals surface area contributed by atoms with Crippen LogP contribution in [0.4, 0.5) is 5.69 Å². The molecule has 0 radical (unpaired) electrons. The summed E-state index contributed by atoms with van der Waals surface area (Å²) in [6, 6.07) is 10.6. The van der Waals surface area contributed by atoms with Crippen LogP contribution in [0.25, 0.3) is 0 Å². The lowest BCUT2D eigenvalue weighted by molar-refractivity contribution is 0.0771. The van der Waals surface area contributed by atoms with Crippen LogP contribution in [0, 0.1) is 5.41 Å². The Hall–Kier alpha value is -1.06. The molecule has 0 aromatic heterocycles. The number of anilines is 1. The molecule has 1 atom stereocenters. The Kier molecular flexibility index (Phi) is 5.44. The molecule has 1 heterocycles. The van der Waals surface area contributed by atoms with Gasteiger partial charge in [0.15, 0.2) is 0 Å². The van der Waals surface area contributed by atoms with Crippen LogP contribution in [0.1, 0.15) is 26.7 Å². The Balaban J connectivity index is 1.85. The van der Waals surface area contributed by atoms with Crippen LogP contribution in [0.15, 0.2) is 30.3 Å². The number of aliphatic hydroxyl groups is 1. The van der Waals surface area contributed by atoms with E-state index in [1.165, 1.54) is 5.69 Å². The minimum Gasteiger partial charge on any atom is -0.396 e. The van der Waals surface area contributed by atoms with Crippen molar-refractivity contribution in [2.24, 2.45) is 5.41 Å². The van der Waals surface area contributed by atoms with Crippen LogP contribution >= 0.6 is 0 Å². The van der Waals surface area contributed by atoms with Gasteiger partial charge in [-0.2, -0.15) is 0 Å². The van der Waals surface area contributed by atoms with Gasteiger partial charge < -0.3 is 10.0 Å². The summed E-state index contributed by atoms with van der Waals surface area (Å²) in [6.07, 6.45) is 2.24. The van der Waals surface area contributed by atoms with Gasteiger partial charge in [-0.1, -0.05) is 38.5 Å². The zero-order chi connectivity index (χ0) is 14.4. The number of aliphatic hydroxyl groups excluding tert-OH is 1. The summed E-state index contributed by atoms with van der Waals surface area (Å²) in [5.41, 5.74) is 1.38. The molecule has 3 nitrogen and oxygen atoms in total. The van der Waals surface area contributed by atoms with Gasteiger partial charge >= 0.3 is 0 Å². The fraction of sp³-hybridized carbons (Fsp3) is 0.647. The van der Waals surface area contributed by atoms with Gasteiger partial charge in [0.1, 0.15) is 0 Å². The SMILES string of the molecule is CCCC(C)(CO)CN1CCN(c2ccccc2)CC1. The molecule has 1 N–H and O–H groups in total. The first-order valence-corrected chi connectivity index (χ1v) is 7.80. The van der Waals surface area contributed by atoms with Crippen molar-refractivity contribution in [1.29, 1.82) is 0 Å². The molecular weight excluding hydrogens is 248 g/mol. The lowest BCUT2D eigenvalue weighted by Crippen LogP contribution is -2.50. The zero-order valence-corrected chi connectivity index (χ0v) is 12.9. The van der Waals surface area contributed by atoms with Gasteiger partial charge in [-0.15, -0.1) is 0 Å². The summed E-state index contributed by atoms with van der Waals surface area (Å²) >= 11 is 0. The first kappa shape index (κ1) is 15.3. The predicted molar refractivity (Wildman–Crippen MR) is 85.2 cm³/mol. The van der Waals surface area contributed by atoms with Gasteiger partial charge in [-0.05, 0) is 18.6 Å². The molecule has 20 heavy (non-hydrogen) atoms. The van der Waals surface area contributed by atoms with Crippen molar-refractivity contribution in [3.05, 3.63) is 30.3 Å². The largest absolute Gasteiger partial charge is 0.396 e. The van der Waals surface area contributed by atoms with E-state index in [1.54, 1.807) is 0 Å². The van der Waals surface area contributed by atoms with Gasteiger partial charge in [0.05, 0.1) is 0 Å². The number of piperazine rings is 1. The second kappa shape index (κ2) is 7.09. The van der Waals surface area contributed by atoms with E-state index in [4.69, 9.17) is 0 Å². The number of hydrogen-bond acceptors (Lipinski definition) is 3. The maximum atomic E-state index is 9.64. The highest BCUT2D eigenvalue weighted by Crippen LogP contribution is 2.25. The van der Waals surface area contributed by atoms with E-state index in [1.807, 2.05) is 0 Å². The van der Waals surface area contributed by atoms with E-state index in [0.717, 1.165) is 45.6 Å². The molecule has 0 aliphatic carbocycles. The van der Waals surface area contributed by atoms with Gasteiger partial charge in [0.2, 0.25) is 0 Å². The molecule has 0 saturated carbocycles. The summed E-state index contributed by atoms with van der Waals surface area (Å²) in [4.78, 5) is 4.96. The topological polar surface area (TPSA) is 26.7 Å². The molecule has 0 bridgehead atoms. The van der Waals surface area contributed by atoms with Crippen LogP contribution in [0.2, 0.25) is 0 Å². The minimum atomic E-state index is 0.0592. The number of benzene rings is 1. The smallest absolute Gasteiger partial charge is 0.0497 e. The second-order valence-electron chi connectivity index (χ2n) is 6.32. The van der Waals surface area contributed by atoms with Gasteiger partial charge in [0.25, 0.3) is 0 Å². The fourth-order valence-electron chi connectivity index (χ4n) is 3.15. The maximum Gasteiger partial charge on any atom is 0.0497 e. The molecule has 1 unspecified atom stereocenters. The molecule has 112 valence electrons. The Morgan fingerprint density at radius 3 is 2.30 bits per heavy atom. The quantitative estimate of drug-likeness (QED) is 0.865. The number of nitrogens with zero attached hydrogens (tertiary/aromatic N) is 2. The molecular formula is C17H28N2O. The second-order valence-corrected chi connectivity index (χ2v) is 6.32. The highest BCUT2D eigenvalue weighted by atomic mass is 16.3. The third-order valence-corrected chi connectivity index (χ3v) is 4.33. The average molecular weight is 276 g/mol. The molecule has 2 rings (SSSR count). The minimum absolute atomic E-state index is 0.0592. The summed E-state index contributed by atoms with van der Waals surface area (Å²) in [7, 11) is 0. The summed E-state index contributed by atoms with van der Waals surface area (Å²) in [5.74, 6) is 0. The first-order chi connectivity index (χ1) is 9.67. The van der Waals surface area contributed by atoms with Gasteiger partial charge in [-0.25, -0.2) is 0 Å². The zero-order valence-electron chi connectivity index (χ0n) is 12.9. The number of rotatable bonds is 6. The molecule has 1 aliphatic heterocycles. The van der Waals surface area contributed by atoms with Crippen LogP contribution < -0.4 is 4.90 Å². The standard InChI is InChI=1S/C17H28N2O/c1-3-9-17(2,15-20)14-18-10-12-19(13-11-18)16-7-5-4-6-8-16/h4-8,20H,3,9-15H2,1-2H3. The highest BCUT2D eigenvalue weighted by Gasteiger charge is 2.27. The van der Waals surface area contributed by atoms with Crippen molar-refractivity contribution < 1.29 is 5.11 Å². The van der Waals surface area contributed by atoms with Crippen molar-refractivity contribution in [3.63, 3.8) is 0 Å². The van der Waals surface area contributed by atoms with E-state index in [0.29, 0.717) is 6.61 Å². The Bertz CT molecular complexity index is 387. The van der Waals surface area contributed by atoms with E-state index >= 15 is 0 Å².